The predicted molar refractivity (Wildman–Crippen MR) is 51.2 cm³/mol. The first kappa shape index (κ1) is 11.3. The fourth-order valence-corrected chi connectivity index (χ4v) is 1.27. The van der Waals surface area contributed by atoms with E-state index >= 15 is 0 Å². The van der Waals surface area contributed by atoms with Crippen molar-refractivity contribution >= 4 is 28.9 Å². The van der Waals surface area contributed by atoms with Gasteiger partial charge in [0, 0.05) is 9.13 Å². The Balaban J connectivity index is 2.95. The van der Waals surface area contributed by atoms with Gasteiger partial charge in [-0.25, -0.2) is 0 Å². The summed E-state index contributed by atoms with van der Waals surface area (Å²) < 4.78 is 39.5. The summed E-state index contributed by atoms with van der Waals surface area (Å²) in [6.07, 6.45) is -4.25. The molecule has 6 heteroatoms. The highest BCUT2D eigenvalue weighted by atomic mass is 127. The Morgan fingerprint density at radius 3 is 2.50 bits per heavy atom. The van der Waals surface area contributed by atoms with E-state index in [4.69, 9.17) is 0 Å². The number of benzene rings is 1. The van der Waals surface area contributed by atoms with Crippen molar-refractivity contribution in [3.63, 3.8) is 0 Å². The van der Waals surface area contributed by atoms with Gasteiger partial charge in [0.25, 0.3) is 0 Å². The van der Waals surface area contributed by atoms with Gasteiger partial charge in [0.15, 0.2) is 6.29 Å². The van der Waals surface area contributed by atoms with Crippen molar-refractivity contribution in [2.45, 2.75) is 6.36 Å². The second-order valence-corrected chi connectivity index (χ2v) is 3.51. The van der Waals surface area contributed by atoms with Gasteiger partial charge in [-0.1, -0.05) is 0 Å². The lowest BCUT2D eigenvalue weighted by Crippen LogP contribution is -2.17. The molecule has 14 heavy (non-hydrogen) atoms. The maximum atomic E-state index is 11.8. The molecule has 0 spiro atoms. The molecule has 0 aromatic heterocycles. The van der Waals surface area contributed by atoms with Crippen molar-refractivity contribution in [2.24, 2.45) is 0 Å². The molecule has 0 N–H and O–H groups in total. The van der Waals surface area contributed by atoms with E-state index in [0.29, 0.717) is 9.86 Å². The van der Waals surface area contributed by atoms with Gasteiger partial charge < -0.3 is 4.74 Å². The molecule has 1 aromatic carbocycles. The lowest BCUT2D eigenvalue weighted by Gasteiger charge is -2.09. The fraction of sp³-hybridized carbons (Fsp3) is 0.125. The predicted octanol–water partition coefficient (Wildman–Crippen LogP) is 3.00. The fourth-order valence-electron chi connectivity index (χ4n) is 0.809. The van der Waals surface area contributed by atoms with Crippen molar-refractivity contribution in [1.82, 2.24) is 0 Å². The van der Waals surface area contributed by atoms with Crippen molar-refractivity contribution in [1.29, 1.82) is 0 Å². The number of aldehydes is 1. The molecule has 2 nitrogen and oxygen atoms in total. The minimum absolute atomic E-state index is 0.173. The van der Waals surface area contributed by atoms with Crippen LogP contribution in [0, 0.1) is 3.57 Å². The molecule has 0 radical (unpaired) electrons. The quantitative estimate of drug-likeness (QED) is 0.619. The van der Waals surface area contributed by atoms with Crippen LogP contribution in [0.1, 0.15) is 10.4 Å². The SMILES string of the molecule is O=Cc1cc(OC(F)(F)F)ccc1I. The maximum absolute atomic E-state index is 11.8. The van der Waals surface area contributed by atoms with Gasteiger partial charge >= 0.3 is 6.36 Å². The second kappa shape index (κ2) is 4.16. The number of rotatable bonds is 2. The third-order valence-corrected chi connectivity index (χ3v) is 2.31. The van der Waals surface area contributed by atoms with Gasteiger partial charge in [-0.05, 0) is 40.8 Å². The molecule has 0 amide bonds. The molecule has 1 rings (SSSR count). The van der Waals surface area contributed by atoms with Crippen LogP contribution < -0.4 is 4.74 Å². The number of alkyl halides is 3. The molecule has 0 aliphatic heterocycles. The standard InChI is InChI=1S/C8H4F3IO2/c9-8(10,11)14-6-1-2-7(12)5(3-6)4-13/h1-4H. The number of carbonyl (C=O) groups excluding carboxylic acids is 1. The topological polar surface area (TPSA) is 26.3 Å². The molecule has 0 bridgehead atoms. The Hall–Kier alpha value is -0.790. The normalized spacial score (nSPS) is 11.1. The molecule has 0 aliphatic carbocycles. The van der Waals surface area contributed by atoms with Crippen molar-refractivity contribution < 1.29 is 22.7 Å². The number of hydrogen-bond donors (Lipinski definition) is 0. The van der Waals surface area contributed by atoms with E-state index in [1.54, 1.807) is 0 Å². The molecule has 76 valence electrons. The zero-order valence-electron chi connectivity index (χ0n) is 6.64. The number of ether oxygens (including phenoxy) is 1. The molecule has 0 fully saturated rings. The lowest BCUT2D eigenvalue weighted by molar-refractivity contribution is -0.274. The minimum atomic E-state index is -4.73. The average Bonchev–Trinajstić information content (AvgIpc) is 2.06. The summed E-state index contributed by atoms with van der Waals surface area (Å²) in [7, 11) is 0. The van der Waals surface area contributed by atoms with Gasteiger partial charge in [0.05, 0.1) is 0 Å². The summed E-state index contributed by atoms with van der Waals surface area (Å²) >= 11 is 1.85. The second-order valence-electron chi connectivity index (χ2n) is 2.35. The van der Waals surface area contributed by atoms with Gasteiger partial charge in [-0.2, -0.15) is 0 Å². The molecule has 0 saturated heterocycles. The molecule has 0 atom stereocenters. The van der Waals surface area contributed by atoms with E-state index in [1.807, 2.05) is 22.6 Å². The van der Waals surface area contributed by atoms with Crippen LogP contribution in [0.4, 0.5) is 13.2 Å². The first-order chi connectivity index (χ1) is 6.42. The first-order valence-corrected chi connectivity index (χ1v) is 4.51. The van der Waals surface area contributed by atoms with Crippen LogP contribution in [0.3, 0.4) is 0 Å². The smallest absolute Gasteiger partial charge is 0.406 e. The van der Waals surface area contributed by atoms with Crippen LogP contribution in [0.2, 0.25) is 0 Å². The Morgan fingerprint density at radius 2 is 2.00 bits per heavy atom. The minimum Gasteiger partial charge on any atom is -0.406 e. The van der Waals surface area contributed by atoms with Gasteiger partial charge in [0.1, 0.15) is 5.75 Å². The largest absolute Gasteiger partial charge is 0.573 e. The molecule has 0 aliphatic rings. The summed E-state index contributed by atoms with van der Waals surface area (Å²) in [5, 5.41) is 0. The lowest BCUT2D eigenvalue weighted by atomic mass is 10.2. The van der Waals surface area contributed by atoms with Crippen LogP contribution in [-0.2, 0) is 0 Å². The van der Waals surface area contributed by atoms with Gasteiger partial charge in [0.2, 0.25) is 0 Å². The van der Waals surface area contributed by atoms with Crippen molar-refractivity contribution in [3.8, 4) is 5.75 Å². The van der Waals surface area contributed by atoms with Crippen molar-refractivity contribution in [2.75, 3.05) is 0 Å². The van der Waals surface area contributed by atoms with E-state index in [9.17, 15) is 18.0 Å². The third kappa shape index (κ3) is 3.17. The Labute approximate surface area is 91.2 Å². The first-order valence-electron chi connectivity index (χ1n) is 3.43. The third-order valence-electron chi connectivity index (χ3n) is 1.33. The molecule has 0 saturated carbocycles. The summed E-state index contributed by atoms with van der Waals surface area (Å²) in [5.74, 6) is -0.389. The zero-order valence-corrected chi connectivity index (χ0v) is 8.80. The molecular weight excluding hydrogens is 312 g/mol. The monoisotopic (exact) mass is 316 g/mol. The highest BCUT2D eigenvalue weighted by Gasteiger charge is 2.31. The van der Waals surface area contributed by atoms with E-state index in [-0.39, 0.29) is 11.3 Å². The van der Waals surface area contributed by atoms with Crippen LogP contribution in [0.25, 0.3) is 0 Å². The molecule has 0 unspecified atom stereocenters. The van der Waals surface area contributed by atoms with E-state index in [0.717, 1.165) is 12.1 Å². The maximum Gasteiger partial charge on any atom is 0.573 e. The number of hydrogen-bond acceptors (Lipinski definition) is 2. The zero-order chi connectivity index (χ0) is 10.8. The average molecular weight is 316 g/mol. The highest BCUT2D eigenvalue weighted by Crippen LogP contribution is 2.24. The van der Waals surface area contributed by atoms with Crippen LogP contribution in [-0.4, -0.2) is 12.6 Å². The molecular formula is C8H4F3IO2. The molecule has 0 heterocycles. The summed E-state index contributed by atoms with van der Waals surface area (Å²) in [6.45, 7) is 0. The number of carbonyl (C=O) groups is 1. The van der Waals surface area contributed by atoms with Crippen molar-refractivity contribution in [3.05, 3.63) is 27.3 Å². The van der Waals surface area contributed by atoms with Crippen LogP contribution in [0.5, 0.6) is 5.75 Å². The Kier molecular flexibility index (Phi) is 3.35. The van der Waals surface area contributed by atoms with Crippen LogP contribution in [0.15, 0.2) is 18.2 Å². The Bertz CT molecular complexity index is 349. The number of halogens is 4. The highest BCUT2D eigenvalue weighted by molar-refractivity contribution is 14.1. The van der Waals surface area contributed by atoms with Crippen LogP contribution >= 0.6 is 22.6 Å². The summed E-state index contributed by atoms with van der Waals surface area (Å²) in [4.78, 5) is 10.4. The van der Waals surface area contributed by atoms with Gasteiger partial charge in [-0.3, -0.25) is 4.79 Å². The van der Waals surface area contributed by atoms with E-state index < -0.39 is 6.36 Å². The summed E-state index contributed by atoms with van der Waals surface area (Å²) in [5.41, 5.74) is 0.173. The van der Waals surface area contributed by atoms with Gasteiger partial charge in [-0.15, -0.1) is 13.2 Å². The summed E-state index contributed by atoms with van der Waals surface area (Å²) in [6, 6.07) is 3.58. The van der Waals surface area contributed by atoms with E-state index in [1.165, 1.54) is 6.07 Å². The van der Waals surface area contributed by atoms with E-state index in [2.05, 4.69) is 4.74 Å². The Morgan fingerprint density at radius 1 is 1.36 bits per heavy atom. The molecule has 1 aromatic rings.